The maximum atomic E-state index is 11.6. The lowest BCUT2D eigenvalue weighted by molar-refractivity contribution is -0.152. The lowest BCUT2D eigenvalue weighted by Crippen LogP contribution is -2.33. The van der Waals surface area contributed by atoms with E-state index >= 15 is 0 Å². The van der Waals surface area contributed by atoms with E-state index in [9.17, 15) is 4.79 Å². The van der Waals surface area contributed by atoms with Crippen LogP contribution in [0.15, 0.2) is 67.5 Å². The largest absolute Gasteiger partial charge is 0.493 e. The monoisotopic (exact) mass is 699 g/mol. The van der Waals surface area contributed by atoms with E-state index in [4.69, 9.17) is 24.4 Å². The van der Waals surface area contributed by atoms with Crippen LogP contribution >= 0.6 is 0 Å². The number of carbonyl (C=O) groups is 1. The topological polar surface area (TPSA) is 77.8 Å². The fraction of sp³-hybridized carbons (Fsp3) is 0.600. The first-order chi connectivity index (χ1) is 24.0. The normalized spacial score (nSPS) is 22.0. The molecule has 2 aromatic carbocycles. The van der Waals surface area contributed by atoms with Gasteiger partial charge in [-0.05, 0) is 149 Å². The standard InChI is InChI=1S/C45H65NO5/c1-11-42(47)51-45(9,10)27-31(2)49-39-21-23-40(24-22-39)50-32(3)34-14-12-33(13-15-34)29-48-41-25-18-36(26-37(41)28-46)35-16-19-38(20-17-35)44(7,8)30-43(4,5)6/h11,18,21-26,28,31,33-35,38,46H,1,3,12-17,19-20,27,29-30H2,2,4-10H3. The number of ether oxygens (including phenoxy) is 4. The van der Waals surface area contributed by atoms with E-state index in [2.05, 4.69) is 66.0 Å². The average molecular weight is 700 g/mol. The maximum Gasteiger partial charge on any atom is 0.330 e. The molecule has 1 atom stereocenters. The molecule has 1 N–H and O–H groups in total. The number of hydrogen-bond donors (Lipinski definition) is 1. The van der Waals surface area contributed by atoms with Crippen LogP contribution in [-0.4, -0.2) is 30.5 Å². The van der Waals surface area contributed by atoms with Gasteiger partial charge in [0.05, 0.1) is 18.5 Å². The highest BCUT2D eigenvalue weighted by Crippen LogP contribution is 2.48. The summed E-state index contributed by atoms with van der Waals surface area (Å²) in [4.78, 5) is 11.6. The zero-order valence-corrected chi connectivity index (χ0v) is 32.8. The molecule has 0 spiro atoms. The van der Waals surface area contributed by atoms with Crippen molar-refractivity contribution < 1.29 is 23.7 Å². The Morgan fingerprint density at radius 1 is 0.902 bits per heavy atom. The molecule has 0 radical (unpaired) electrons. The third-order valence-corrected chi connectivity index (χ3v) is 11.0. The highest BCUT2D eigenvalue weighted by molar-refractivity contribution is 5.82. The van der Waals surface area contributed by atoms with Crippen LogP contribution in [0.1, 0.15) is 137 Å². The van der Waals surface area contributed by atoms with Gasteiger partial charge >= 0.3 is 5.97 Å². The quantitative estimate of drug-likeness (QED) is 0.0816. The van der Waals surface area contributed by atoms with Gasteiger partial charge < -0.3 is 24.4 Å². The second kappa shape index (κ2) is 17.3. The number of esters is 1. The summed E-state index contributed by atoms with van der Waals surface area (Å²) in [6.07, 6.45) is 13.5. The predicted octanol–water partition coefficient (Wildman–Crippen LogP) is 11.9. The van der Waals surface area contributed by atoms with Crippen molar-refractivity contribution in [1.29, 1.82) is 5.41 Å². The van der Waals surface area contributed by atoms with Gasteiger partial charge in [-0.1, -0.05) is 53.8 Å². The number of benzene rings is 2. The summed E-state index contributed by atoms with van der Waals surface area (Å²) in [6, 6.07) is 14.1. The van der Waals surface area contributed by atoms with Crippen molar-refractivity contribution in [2.24, 2.45) is 28.6 Å². The Morgan fingerprint density at radius 2 is 1.53 bits per heavy atom. The Bertz CT molecular complexity index is 1470. The average Bonchev–Trinajstić information content (AvgIpc) is 3.06. The van der Waals surface area contributed by atoms with Crippen LogP contribution in [0, 0.1) is 34.0 Å². The van der Waals surface area contributed by atoms with Gasteiger partial charge in [0.25, 0.3) is 0 Å². The summed E-state index contributed by atoms with van der Waals surface area (Å²) >= 11 is 0. The molecule has 2 aliphatic rings. The van der Waals surface area contributed by atoms with Crippen LogP contribution in [-0.2, 0) is 9.53 Å². The molecular weight excluding hydrogens is 634 g/mol. The summed E-state index contributed by atoms with van der Waals surface area (Å²) in [5, 5.41) is 8.13. The Labute approximate surface area is 308 Å². The van der Waals surface area contributed by atoms with Crippen molar-refractivity contribution in [3.05, 3.63) is 78.6 Å². The summed E-state index contributed by atoms with van der Waals surface area (Å²) in [5.74, 6) is 4.79. The molecule has 1 unspecified atom stereocenters. The minimum absolute atomic E-state index is 0.152. The van der Waals surface area contributed by atoms with Gasteiger partial charge in [-0.2, -0.15) is 0 Å². The SMILES string of the molecule is C=CC(=O)OC(C)(C)CC(C)Oc1ccc(OC(=C)C2CCC(COc3ccc(C4CCC(C(C)(C)CC(C)(C)C)CC4)cc3C=N)CC2)cc1. The molecular formula is C45H65NO5. The fourth-order valence-corrected chi connectivity index (χ4v) is 8.79. The number of carbonyl (C=O) groups excluding carboxylic acids is 1. The first-order valence-corrected chi connectivity index (χ1v) is 19.2. The Balaban J connectivity index is 1.19. The van der Waals surface area contributed by atoms with Gasteiger partial charge in [0.1, 0.15) is 22.8 Å². The third-order valence-electron chi connectivity index (χ3n) is 11.0. The molecule has 2 aromatic rings. The molecule has 6 heteroatoms. The summed E-state index contributed by atoms with van der Waals surface area (Å²) in [5.41, 5.74) is 2.31. The number of nitrogens with one attached hydrogen (secondary N) is 1. The van der Waals surface area contributed by atoms with Gasteiger partial charge in [-0.3, -0.25) is 0 Å². The molecule has 6 nitrogen and oxygen atoms in total. The Hall–Kier alpha value is -3.54. The van der Waals surface area contributed by atoms with Crippen LogP contribution in [0.2, 0.25) is 0 Å². The summed E-state index contributed by atoms with van der Waals surface area (Å²) in [6.45, 7) is 26.1. The highest BCUT2D eigenvalue weighted by atomic mass is 16.6. The van der Waals surface area contributed by atoms with Crippen molar-refractivity contribution in [3.8, 4) is 17.2 Å². The van der Waals surface area contributed by atoms with E-state index in [0.29, 0.717) is 41.6 Å². The first kappa shape index (κ1) is 40.2. The lowest BCUT2D eigenvalue weighted by Gasteiger charge is -2.43. The predicted molar refractivity (Wildman–Crippen MR) is 209 cm³/mol. The Kier molecular flexibility index (Phi) is 13.7. The second-order valence-electron chi connectivity index (χ2n) is 17.8. The number of rotatable bonds is 16. The van der Waals surface area contributed by atoms with Crippen molar-refractivity contribution in [2.45, 2.75) is 137 Å². The summed E-state index contributed by atoms with van der Waals surface area (Å²) in [7, 11) is 0. The van der Waals surface area contributed by atoms with Crippen LogP contribution in [0.3, 0.4) is 0 Å². The van der Waals surface area contributed by atoms with Crippen LogP contribution in [0.25, 0.3) is 0 Å². The molecule has 0 aromatic heterocycles. The van der Waals surface area contributed by atoms with Crippen molar-refractivity contribution in [1.82, 2.24) is 0 Å². The molecule has 280 valence electrons. The van der Waals surface area contributed by atoms with Gasteiger partial charge in [0.2, 0.25) is 0 Å². The van der Waals surface area contributed by atoms with E-state index in [1.165, 1.54) is 50.0 Å². The second-order valence-corrected chi connectivity index (χ2v) is 17.8. The van der Waals surface area contributed by atoms with Gasteiger partial charge in [0, 0.05) is 30.2 Å². The van der Waals surface area contributed by atoms with E-state index in [1.54, 1.807) is 0 Å². The van der Waals surface area contributed by atoms with Crippen LogP contribution in [0.4, 0.5) is 0 Å². The van der Waals surface area contributed by atoms with E-state index in [1.807, 2.05) is 45.0 Å². The molecule has 2 aliphatic carbocycles. The lowest BCUT2D eigenvalue weighted by atomic mass is 9.63. The maximum absolute atomic E-state index is 11.6. The molecule has 0 saturated heterocycles. The van der Waals surface area contributed by atoms with Crippen molar-refractivity contribution >= 4 is 12.2 Å². The van der Waals surface area contributed by atoms with Crippen molar-refractivity contribution in [3.63, 3.8) is 0 Å². The molecule has 4 rings (SSSR count). The molecule has 0 aliphatic heterocycles. The van der Waals surface area contributed by atoms with Crippen LogP contribution < -0.4 is 14.2 Å². The zero-order chi connectivity index (χ0) is 37.4. The minimum Gasteiger partial charge on any atom is -0.493 e. The summed E-state index contributed by atoms with van der Waals surface area (Å²) < 4.78 is 24.0. The van der Waals surface area contributed by atoms with Gasteiger partial charge in [-0.25, -0.2) is 4.79 Å². The molecule has 2 saturated carbocycles. The number of allylic oxidation sites excluding steroid dienone is 1. The van der Waals surface area contributed by atoms with Gasteiger partial charge in [0.15, 0.2) is 0 Å². The molecule has 0 bridgehead atoms. The minimum atomic E-state index is -0.658. The first-order valence-electron chi connectivity index (χ1n) is 19.2. The fourth-order valence-electron chi connectivity index (χ4n) is 8.79. The van der Waals surface area contributed by atoms with Crippen molar-refractivity contribution in [2.75, 3.05) is 6.61 Å². The molecule has 0 heterocycles. The molecule has 51 heavy (non-hydrogen) atoms. The van der Waals surface area contributed by atoms with E-state index in [0.717, 1.165) is 60.2 Å². The highest BCUT2D eigenvalue weighted by Gasteiger charge is 2.36. The smallest absolute Gasteiger partial charge is 0.330 e. The third kappa shape index (κ3) is 12.3. The Morgan fingerprint density at radius 3 is 2.12 bits per heavy atom. The van der Waals surface area contributed by atoms with E-state index < -0.39 is 11.6 Å². The van der Waals surface area contributed by atoms with Crippen LogP contribution in [0.5, 0.6) is 17.2 Å². The zero-order valence-electron chi connectivity index (χ0n) is 32.8. The molecule has 0 amide bonds. The van der Waals surface area contributed by atoms with E-state index in [-0.39, 0.29) is 6.10 Å². The number of hydrogen-bond acceptors (Lipinski definition) is 6. The molecule has 2 fully saturated rings. The van der Waals surface area contributed by atoms with Gasteiger partial charge in [-0.15, -0.1) is 0 Å².